The predicted molar refractivity (Wildman–Crippen MR) is 107 cm³/mol. The zero-order chi connectivity index (χ0) is 20.4. The molecule has 152 valence electrons. The lowest BCUT2D eigenvalue weighted by Crippen LogP contribution is -2.38. The standard InChI is InChI=1S/C21H23FN4O3/c1-3-28-21(27)26-8-6-14(7-9-26)15-11-29-19-18(15)23-12-24-20(19)25-17-5-4-13(2)10-16(17)22/h4-5,10-12,14H,3,6-9H2,1-2H3,(H,23,24,25). The van der Waals surface area contributed by atoms with Crippen LogP contribution in [0.15, 0.2) is 35.2 Å². The molecule has 1 aliphatic rings. The first-order valence-corrected chi connectivity index (χ1v) is 9.73. The third kappa shape index (κ3) is 3.87. The SMILES string of the molecule is CCOC(=O)N1CCC(c2coc3c(Nc4ccc(C)cc4F)ncnc23)CC1. The second kappa shape index (κ2) is 8.06. The van der Waals surface area contributed by atoms with Gasteiger partial charge >= 0.3 is 6.09 Å². The van der Waals surface area contributed by atoms with Gasteiger partial charge in [0.25, 0.3) is 0 Å². The number of aromatic nitrogens is 2. The van der Waals surface area contributed by atoms with E-state index in [1.807, 2.05) is 13.0 Å². The van der Waals surface area contributed by atoms with Crippen molar-refractivity contribution in [3.63, 3.8) is 0 Å². The van der Waals surface area contributed by atoms with Crippen LogP contribution in [0.3, 0.4) is 0 Å². The second-order valence-electron chi connectivity index (χ2n) is 7.16. The van der Waals surface area contributed by atoms with Crippen LogP contribution in [0.4, 0.5) is 20.7 Å². The molecular formula is C21H23FN4O3. The number of anilines is 2. The van der Waals surface area contributed by atoms with E-state index in [0.717, 1.165) is 24.0 Å². The normalized spacial score (nSPS) is 14.9. The molecule has 8 heteroatoms. The van der Waals surface area contributed by atoms with Crippen molar-refractivity contribution in [2.75, 3.05) is 25.0 Å². The van der Waals surface area contributed by atoms with Crippen LogP contribution in [0.1, 0.15) is 36.8 Å². The van der Waals surface area contributed by atoms with Crippen molar-refractivity contribution < 1.29 is 18.3 Å². The number of carbonyl (C=O) groups excluding carboxylic acids is 1. The molecule has 2 aromatic heterocycles. The van der Waals surface area contributed by atoms with Crippen LogP contribution >= 0.6 is 0 Å². The largest absolute Gasteiger partial charge is 0.458 e. The highest BCUT2D eigenvalue weighted by Crippen LogP contribution is 2.36. The Labute approximate surface area is 167 Å². The Hall–Kier alpha value is -3.16. The molecule has 0 atom stereocenters. The lowest BCUT2D eigenvalue weighted by atomic mass is 9.90. The van der Waals surface area contributed by atoms with Gasteiger partial charge < -0.3 is 19.4 Å². The van der Waals surface area contributed by atoms with E-state index < -0.39 is 0 Å². The Bertz CT molecular complexity index is 1030. The number of aryl methyl sites for hydroxylation is 1. The summed E-state index contributed by atoms with van der Waals surface area (Å²) in [4.78, 5) is 22.2. The van der Waals surface area contributed by atoms with Gasteiger partial charge in [-0.25, -0.2) is 19.2 Å². The maximum Gasteiger partial charge on any atom is 0.409 e. The molecule has 0 bridgehead atoms. The van der Waals surface area contributed by atoms with Crippen LogP contribution in [0.25, 0.3) is 11.1 Å². The number of halogens is 1. The molecule has 1 aromatic carbocycles. The van der Waals surface area contributed by atoms with Crippen LogP contribution in [0, 0.1) is 12.7 Å². The van der Waals surface area contributed by atoms with Gasteiger partial charge in [-0.05, 0) is 50.3 Å². The number of benzene rings is 1. The number of hydrogen-bond acceptors (Lipinski definition) is 6. The summed E-state index contributed by atoms with van der Waals surface area (Å²) in [5.74, 6) is 0.295. The van der Waals surface area contributed by atoms with E-state index in [0.29, 0.717) is 42.3 Å². The topological polar surface area (TPSA) is 80.5 Å². The summed E-state index contributed by atoms with van der Waals surface area (Å²) in [5, 5.41) is 3.01. The van der Waals surface area contributed by atoms with Crippen LogP contribution in [0.5, 0.6) is 0 Å². The Kier molecular flexibility index (Phi) is 5.33. The summed E-state index contributed by atoms with van der Waals surface area (Å²) in [6.45, 7) is 5.26. The molecule has 3 heterocycles. The van der Waals surface area contributed by atoms with Crippen molar-refractivity contribution >= 4 is 28.7 Å². The van der Waals surface area contributed by atoms with Crippen molar-refractivity contribution in [2.24, 2.45) is 0 Å². The molecular weight excluding hydrogens is 375 g/mol. The van der Waals surface area contributed by atoms with Crippen molar-refractivity contribution in [2.45, 2.75) is 32.6 Å². The first kappa shape index (κ1) is 19.2. The monoisotopic (exact) mass is 398 g/mol. The maximum absolute atomic E-state index is 14.2. The number of nitrogens with one attached hydrogen (secondary N) is 1. The molecule has 1 amide bonds. The molecule has 1 N–H and O–H groups in total. The van der Waals surface area contributed by atoms with Gasteiger partial charge in [0.1, 0.15) is 17.7 Å². The highest BCUT2D eigenvalue weighted by molar-refractivity contribution is 5.88. The van der Waals surface area contributed by atoms with E-state index in [-0.39, 0.29) is 17.8 Å². The number of carbonyl (C=O) groups is 1. The van der Waals surface area contributed by atoms with Gasteiger partial charge in [-0.3, -0.25) is 0 Å². The van der Waals surface area contributed by atoms with E-state index in [1.54, 1.807) is 24.2 Å². The third-order valence-electron chi connectivity index (χ3n) is 5.22. The zero-order valence-electron chi connectivity index (χ0n) is 16.4. The van der Waals surface area contributed by atoms with E-state index in [2.05, 4.69) is 15.3 Å². The molecule has 29 heavy (non-hydrogen) atoms. The number of likely N-dealkylation sites (tertiary alicyclic amines) is 1. The minimum absolute atomic E-state index is 0.223. The number of hydrogen-bond donors (Lipinski definition) is 1. The van der Waals surface area contributed by atoms with Gasteiger partial charge in [-0.1, -0.05) is 6.07 Å². The molecule has 3 aromatic rings. The van der Waals surface area contributed by atoms with E-state index in [4.69, 9.17) is 9.15 Å². The van der Waals surface area contributed by atoms with Gasteiger partial charge in [-0.15, -0.1) is 0 Å². The molecule has 1 saturated heterocycles. The quantitative estimate of drug-likeness (QED) is 0.683. The molecule has 0 spiro atoms. The Morgan fingerprint density at radius 3 is 2.86 bits per heavy atom. The third-order valence-corrected chi connectivity index (χ3v) is 5.22. The maximum atomic E-state index is 14.2. The molecule has 0 aliphatic carbocycles. The van der Waals surface area contributed by atoms with E-state index >= 15 is 0 Å². The fourth-order valence-corrected chi connectivity index (χ4v) is 3.68. The summed E-state index contributed by atoms with van der Waals surface area (Å²) in [6, 6.07) is 4.97. The zero-order valence-corrected chi connectivity index (χ0v) is 16.4. The van der Waals surface area contributed by atoms with Crippen LogP contribution < -0.4 is 5.32 Å². The van der Waals surface area contributed by atoms with Crippen LogP contribution in [-0.4, -0.2) is 40.7 Å². The minimum Gasteiger partial charge on any atom is -0.458 e. The lowest BCUT2D eigenvalue weighted by molar-refractivity contribution is 0.0971. The number of amides is 1. The Morgan fingerprint density at radius 2 is 2.14 bits per heavy atom. The highest BCUT2D eigenvalue weighted by Gasteiger charge is 2.27. The first-order chi connectivity index (χ1) is 14.1. The van der Waals surface area contributed by atoms with Gasteiger partial charge in [0.2, 0.25) is 0 Å². The van der Waals surface area contributed by atoms with Crippen LogP contribution in [-0.2, 0) is 4.74 Å². The summed E-state index contributed by atoms with van der Waals surface area (Å²) < 4.78 is 25.1. The number of rotatable bonds is 4. The van der Waals surface area contributed by atoms with E-state index in [1.165, 1.54) is 12.4 Å². The van der Waals surface area contributed by atoms with Gasteiger partial charge in [0.15, 0.2) is 11.4 Å². The number of ether oxygens (including phenoxy) is 1. The predicted octanol–water partition coefficient (Wildman–Crippen LogP) is 4.75. The minimum atomic E-state index is -0.352. The average Bonchev–Trinajstić information content (AvgIpc) is 3.15. The van der Waals surface area contributed by atoms with Gasteiger partial charge in [0, 0.05) is 18.7 Å². The summed E-state index contributed by atoms with van der Waals surface area (Å²) in [6.07, 6.45) is 4.47. The molecule has 0 radical (unpaired) electrons. The van der Waals surface area contributed by atoms with Crippen LogP contribution in [0.2, 0.25) is 0 Å². The fraction of sp³-hybridized carbons (Fsp3) is 0.381. The number of piperidine rings is 1. The van der Waals surface area contributed by atoms with Gasteiger partial charge in [0.05, 0.1) is 18.6 Å². The molecule has 1 aliphatic heterocycles. The smallest absolute Gasteiger partial charge is 0.409 e. The Morgan fingerprint density at radius 1 is 1.34 bits per heavy atom. The first-order valence-electron chi connectivity index (χ1n) is 9.73. The van der Waals surface area contributed by atoms with Crippen molar-refractivity contribution in [3.05, 3.63) is 47.7 Å². The van der Waals surface area contributed by atoms with Crippen molar-refractivity contribution in [3.8, 4) is 0 Å². The molecule has 7 nitrogen and oxygen atoms in total. The molecule has 1 fully saturated rings. The second-order valence-corrected chi connectivity index (χ2v) is 7.16. The fourth-order valence-electron chi connectivity index (χ4n) is 3.68. The highest BCUT2D eigenvalue weighted by atomic mass is 19.1. The summed E-state index contributed by atoms with van der Waals surface area (Å²) >= 11 is 0. The molecule has 4 rings (SSSR count). The summed E-state index contributed by atoms with van der Waals surface area (Å²) in [7, 11) is 0. The molecule has 0 unspecified atom stereocenters. The average molecular weight is 398 g/mol. The van der Waals surface area contributed by atoms with Gasteiger partial charge in [-0.2, -0.15) is 0 Å². The number of furan rings is 1. The summed E-state index contributed by atoms with van der Waals surface area (Å²) in [5.41, 5.74) is 3.37. The lowest BCUT2D eigenvalue weighted by Gasteiger charge is -2.30. The molecule has 0 saturated carbocycles. The van der Waals surface area contributed by atoms with Crippen molar-refractivity contribution in [1.29, 1.82) is 0 Å². The van der Waals surface area contributed by atoms with E-state index in [9.17, 15) is 9.18 Å². The number of nitrogens with zero attached hydrogens (tertiary/aromatic N) is 3. The van der Waals surface area contributed by atoms with Crippen molar-refractivity contribution in [1.82, 2.24) is 14.9 Å². The number of fused-ring (bicyclic) bond motifs is 1. The Balaban J connectivity index is 1.54.